The van der Waals surface area contributed by atoms with E-state index in [4.69, 9.17) is 0 Å². The molecule has 0 bridgehead atoms. The average Bonchev–Trinajstić information content (AvgIpc) is 3.03. The Morgan fingerprint density at radius 1 is 1.19 bits per heavy atom. The van der Waals surface area contributed by atoms with Crippen LogP contribution in [0, 0.1) is 0 Å². The number of aromatic nitrogens is 4. The molecule has 2 aromatic heterocycles. The van der Waals surface area contributed by atoms with E-state index in [9.17, 15) is 4.79 Å². The van der Waals surface area contributed by atoms with E-state index in [1.54, 1.807) is 12.4 Å². The molecule has 0 aliphatic carbocycles. The molecule has 26 heavy (non-hydrogen) atoms. The smallest absolute Gasteiger partial charge is 0.233 e. The normalized spacial score (nSPS) is 20.3. The molecule has 1 saturated heterocycles. The fourth-order valence-electron chi connectivity index (χ4n) is 3.65. The molecule has 140 valence electrons. The number of piperidine rings is 1. The third-order valence-corrected chi connectivity index (χ3v) is 5.86. The van der Waals surface area contributed by atoms with Crippen molar-refractivity contribution >= 4 is 17.7 Å². The second kappa shape index (κ2) is 8.66. The number of likely N-dealkylation sites (tertiary alicyclic amines) is 1. The highest BCUT2D eigenvalue weighted by molar-refractivity contribution is 7.99. The molecule has 3 heterocycles. The van der Waals surface area contributed by atoms with Crippen LogP contribution in [0.2, 0.25) is 0 Å². The molecule has 0 spiro atoms. The molecule has 1 fully saturated rings. The fourth-order valence-corrected chi connectivity index (χ4v) is 4.48. The van der Waals surface area contributed by atoms with Crippen molar-refractivity contribution in [2.75, 3.05) is 5.75 Å². The maximum Gasteiger partial charge on any atom is 0.233 e. The fraction of sp³-hybridized carbons (Fsp3) is 0.579. The van der Waals surface area contributed by atoms with Gasteiger partial charge in [0.25, 0.3) is 0 Å². The summed E-state index contributed by atoms with van der Waals surface area (Å²) < 4.78 is 2.11. The van der Waals surface area contributed by atoms with Gasteiger partial charge in [-0.15, -0.1) is 10.2 Å². The lowest BCUT2D eigenvalue weighted by Gasteiger charge is -2.39. The number of rotatable bonds is 6. The Kier molecular flexibility index (Phi) is 6.29. The monoisotopic (exact) mass is 373 g/mol. The maximum atomic E-state index is 12.8. The largest absolute Gasteiger partial charge is 0.337 e. The molecule has 0 aromatic carbocycles. The van der Waals surface area contributed by atoms with Crippen molar-refractivity contribution in [2.45, 2.75) is 70.2 Å². The zero-order valence-electron chi connectivity index (χ0n) is 15.8. The SMILES string of the molecule is CCCn1c(SCC(=O)N2[C@H](C)CCC[C@H]2C)nnc1-c1ccncc1. The predicted molar refractivity (Wildman–Crippen MR) is 104 cm³/mol. The molecular formula is C19H27N5OS. The van der Waals surface area contributed by atoms with Crippen LogP contribution in [0.15, 0.2) is 29.7 Å². The molecule has 0 unspecified atom stereocenters. The quantitative estimate of drug-likeness (QED) is 0.724. The number of pyridine rings is 1. The van der Waals surface area contributed by atoms with Crippen molar-refractivity contribution in [3.05, 3.63) is 24.5 Å². The van der Waals surface area contributed by atoms with Gasteiger partial charge in [-0.1, -0.05) is 18.7 Å². The van der Waals surface area contributed by atoms with Gasteiger partial charge in [0.2, 0.25) is 5.91 Å². The summed E-state index contributed by atoms with van der Waals surface area (Å²) in [5.74, 6) is 1.45. The lowest BCUT2D eigenvalue weighted by atomic mass is 9.98. The molecule has 0 radical (unpaired) electrons. The van der Waals surface area contributed by atoms with E-state index in [2.05, 4.69) is 45.4 Å². The minimum absolute atomic E-state index is 0.200. The summed E-state index contributed by atoms with van der Waals surface area (Å²) in [7, 11) is 0. The highest BCUT2D eigenvalue weighted by Gasteiger charge is 2.29. The first-order chi connectivity index (χ1) is 12.6. The van der Waals surface area contributed by atoms with Crippen LogP contribution in [0.3, 0.4) is 0 Å². The molecule has 2 aromatic rings. The van der Waals surface area contributed by atoms with Gasteiger partial charge in [0.15, 0.2) is 11.0 Å². The average molecular weight is 374 g/mol. The van der Waals surface area contributed by atoms with E-state index in [-0.39, 0.29) is 5.91 Å². The third-order valence-electron chi connectivity index (χ3n) is 4.91. The lowest BCUT2D eigenvalue weighted by Crippen LogP contribution is -2.48. The molecule has 6 nitrogen and oxygen atoms in total. The Morgan fingerprint density at radius 3 is 2.54 bits per heavy atom. The van der Waals surface area contributed by atoms with Crippen molar-refractivity contribution in [3.63, 3.8) is 0 Å². The molecule has 1 aliphatic heterocycles. The number of amides is 1. The molecule has 2 atom stereocenters. The van der Waals surface area contributed by atoms with Gasteiger partial charge in [0.1, 0.15) is 0 Å². The third kappa shape index (κ3) is 4.09. The van der Waals surface area contributed by atoms with Gasteiger partial charge in [-0.2, -0.15) is 0 Å². The van der Waals surface area contributed by atoms with Crippen LogP contribution in [0.1, 0.15) is 46.5 Å². The Hall–Kier alpha value is -1.89. The highest BCUT2D eigenvalue weighted by Crippen LogP contribution is 2.27. The summed E-state index contributed by atoms with van der Waals surface area (Å²) in [6.45, 7) is 7.27. The number of carbonyl (C=O) groups is 1. The van der Waals surface area contributed by atoms with Gasteiger partial charge < -0.3 is 9.47 Å². The minimum Gasteiger partial charge on any atom is -0.337 e. The van der Waals surface area contributed by atoms with Crippen LogP contribution in [-0.2, 0) is 11.3 Å². The van der Waals surface area contributed by atoms with E-state index in [1.165, 1.54) is 18.2 Å². The van der Waals surface area contributed by atoms with Crippen LogP contribution >= 0.6 is 11.8 Å². The highest BCUT2D eigenvalue weighted by atomic mass is 32.2. The van der Waals surface area contributed by atoms with E-state index < -0.39 is 0 Å². The number of nitrogens with zero attached hydrogens (tertiary/aromatic N) is 5. The Bertz CT molecular complexity index is 723. The maximum absolute atomic E-state index is 12.8. The zero-order valence-corrected chi connectivity index (χ0v) is 16.6. The van der Waals surface area contributed by atoms with Gasteiger partial charge in [-0.25, -0.2) is 0 Å². The van der Waals surface area contributed by atoms with E-state index in [0.29, 0.717) is 17.8 Å². The van der Waals surface area contributed by atoms with Crippen LogP contribution in [-0.4, -0.2) is 48.4 Å². The van der Waals surface area contributed by atoms with Crippen LogP contribution in [0.25, 0.3) is 11.4 Å². The number of hydrogen-bond donors (Lipinski definition) is 0. The summed E-state index contributed by atoms with van der Waals surface area (Å²) in [6.07, 6.45) is 7.90. The summed E-state index contributed by atoms with van der Waals surface area (Å²) in [5, 5.41) is 9.53. The predicted octanol–water partition coefficient (Wildman–Crippen LogP) is 3.63. The first-order valence-electron chi connectivity index (χ1n) is 9.39. The van der Waals surface area contributed by atoms with E-state index >= 15 is 0 Å². The van der Waals surface area contributed by atoms with Gasteiger partial charge in [0, 0.05) is 36.6 Å². The van der Waals surface area contributed by atoms with E-state index in [0.717, 1.165) is 42.4 Å². The van der Waals surface area contributed by atoms with E-state index in [1.807, 2.05) is 12.1 Å². The van der Waals surface area contributed by atoms with Crippen LogP contribution in [0.5, 0.6) is 0 Å². The van der Waals surface area contributed by atoms with Crippen LogP contribution in [0.4, 0.5) is 0 Å². The van der Waals surface area contributed by atoms with Crippen molar-refractivity contribution in [2.24, 2.45) is 0 Å². The zero-order chi connectivity index (χ0) is 18.5. The standard InChI is InChI=1S/C19H27N5OS/c1-4-12-23-18(16-8-10-20-11-9-16)21-22-19(23)26-13-17(25)24-14(2)6-5-7-15(24)3/h8-11,14-15H,4-7,12-13H2,1-3H3/t14-,15-/m1/s1. The number of hydrogen-bond acceptors (Lipinski definition) is 5. The molecule has 1 amide bonds. The van der Waals surface area contributed by atoms with Gasteiger partial charge >= 0.3 is 0 Å². The molecule has 0 N–H and O–H groups in total. The molecule has 3 rings (SSSR count). The van der Waals surface area contributed by atoms with Crippen molar-refractivity contribution in [1.82, 2.24) is 24.6 Å². The Morgan fingerprint density at radius 2 is 1.88 bits per heavy atom. The van der Waals surface area contributed by atoms with Crippen molar-refractivity contribution in [3.8, 4) is 11.4 Å². The second-order valence-corrected chi connectivity index (χ2v) is 7.85. The number of carbonyl (C=O) groups excluding carboxylic acids is 1. The first-order valence-corrected chi connectivity index (χ1v) is 10.4. The summed E-state index contributed by atoms with van der Waals surface area (Å²) in [6, 6.07) is 4.53. The molecular weight excluding hydrogens is 346 g/mol. The number of thioether (sulfide) groups is 1. The van der Waals surface area contributed by atoms with Gasteiger partial charge in [0.05, 0.1) is 5.75 Å². The van der Waals surface area contributed by atoms with Crippen molar-refractivity contribution < 1.29 is 4.79 Å². The van der Waals surface area contributed by atoms with Gasteiger partial charge in [-0.05, 0) is 51.7 Å². The molecule has 0 saturated carbocycles. The summed E-state index contributed by atoms with van der Waals surface area (Å²) in [4.78, 5) is 18.9. The minimum atomic E-state index is 0.200. The Labute approximate surface area is 159 Å². The lowest BCUT2D eigenvalue weighted by molar-refractivity contribution is -0.134. The molecule has 1 aliphatic rings. The Balaban J connectivity index is 1.73. The van der Waals surface area contributed by atoms with Crippen molar-refractivity contribution in [1.29, 1.82) is 0 Å². The second-order valence-electron chi connectivity index (χ2n) is 6.91. The van der Waals surface area contributed by atoms with Crippen LogP contribution < -0.4 is 0 Å². The molecule has 7 heteroatoms. The van der Waals surface area contributed by atoms with Gasteiger partial charge in [-0.3, -0.25) is 9.78 Å². The summed E-state index contributed by atoms with van der Waals surface area (Å²) in [5.41, 5.74) is 0.998. The summed E-state index contributed by atoms with van der Waals surface area (Å²) >= 11 is 1.49. The first kappa shape index (κ1) is 18.9. The topological polar surface area (TPSA) is 63.9 Å².